The predicted octanol–water partition coefficient (Wildman–Crippen LogP) is 8.29. The number of nitrogens with two attached hydrogens (primary N) is 1. The third-order valence-electron chi connectivity index (χ3n) is 13.3. The summed E-state index contributed by atoms with van der Waals surface area (Å²) in [6.45, 7) is 6.48. The molecule has 2 atom stereocenters. The highest BCUT2D eigenvalue weighted by Crippen LogP contribution is 2.30. The van der Waals surface area contributed by atoms with Crippen LogP contribution in [0.1, 0.15) is 83.6 Å². The molecule has 0 radical (unpaired) electrons. The Balaban J connectivity index is 0.0000123. The summed E-state index contributed by atoms with van der Waals surface area (Å²) in [5, 5.41) is 20.2. The average Bonchev–Trinajstić information content (AvgIpc) is 4.15. The molecule has 5 aromatic rings. The topological polar surface area (TPSA) is 259 Å². The summed E-state index contributed by atoms with van der Waals surface area (Å²) < 4.78 is 20.8. The van der Waals surface area contributed by atoms with Crippen LogP contribution in [0.3, 0.4) is 0 Å². The monoisotopic (exact) mass is 1250 g/mol. The van der Waals surface area contributed by atoms with E-state index in [1.54, 1.807) is 0 Å². The normalized spacial score (nSPS) is 13.0. The second-order valence-electron chi connectivity index (χ2n) is 19.9. The summed E-state index contributed by atoms with van der Waals surface area (Å²) in [4.78, 5) is 90.0. The number of hydrogen-bond donors (Lipinski definition) is 5. The number of hydrogen-bond acceptors (Lipinski definition) is 12. The third kappa shape index (κ3) is 21.7. The fourth-order valence-corrected chi connectivity index (χ4v) is 9.69. The predicted molar refractivity (Wildman–Crippen MR) is 320 cm³/mol. The molecule has 1 aliphatic heterocycles. The van der Waals surface area contributed by atoms with Gasteiger partial charge in [-0.05, 0) is 93.3 Å². The smallest absolute Gasteiger partial charge is 0.312 e. The van der Waals surface area contributed by atoms with Crippen molar-refractivity contribution in [2.24, 2.45) is 17.6 Å². The first-order valence-corrected chi connectivity index (χ1v) is 29.0. The fraction of sp³-hybridized carbons (Fsp3) is 0.417. The van der Waals surface area contributed by atoms with Crippen molar-refractivity contribution in [2.75, 3.05) is 63.4 Å². The minimum absolute atomic E-state index is 0. The number of primary amides is 1. The molecule has 3 heterocycles. The van der Waals surface area contributed by atoms with Gasteiger partial charge in [-0.15, -0.1) is 5.10 Å². The number of halogens is 2. The second-order valence-corrected chi connectivity index (χ2v) is 21.4. The van der Waals surface area contributed by atoms with E-state index in [4.69, 9.17) is 19.9 Å². The summed E-state index contributed by atoms with van der Waals surface area (Å²) in [5.74, 6) is -2.90. The highest BCUT2D eigenvalue weighted by Gasteiger charge is 2.35. The first-order valence-electron chi connectivity index (χ1n) is 27.4. The first kappa shape index (κ1) is 65.8. The molecule has 6 rings (SSSR count). The van der Waals surface area contributed by atoms with Crippen LogP contribution >= 0.6 is 31.9 Å². The van der Waals surface area contributed by atoms with Gasteiger partial charge in [-0.3, -0.25) is 38.3 Å². The molecule has 20 nitrogen and oxygen atoms in total. The number of pyridine rings is 1. The number of benzene rings is 3. The van der Waals surface area contributed by atoms with Crippen LogP contribution in [-0.4, -0.2) is 120 Å². The number of carbonyl (C=O) groups is 7. The van der Waals surface area contributed by atoms with Gasteiger partial charge in [-0.1, -0.05) is 99.0 Å². The van der Waals surface area contributed by atoms with E-state index in [9.17, 15) is 33.6 Å². The van der Waals surface area contributed by atoms with Gasteiger partial charge in [0, 0.05) is 66.8 Å². The van der Waals surface area contributed by atoms with E-state index in [1.807, 2.05) is 133 Å². The van der Waals surface area contributed by atoms with Crippen LogP contribution in [0, 0.1) is 19.3 Å². The second kappa shape index (κ2) is 35.1. The van der Waals surface area contributed by atoms with Crippen molar-refractivity contribution in [1.82, 2.24) is 30.5 Å². The molecule has 0 unspecified atom stereocenters. The minimum Gasteiger partial charge on any atom is -0.379 e. The number of para-hydroxylation sites is 1. The number of amides is 7. The van der Waals surface area contributed by atoms with Crippen molar-refractivity contribution in [2.45, 2.75) is 97.2 Å². The van der Waals surface area contributed by atoms with Gasteiger partial charge in [0.05, 0.1) is 64.0 Å². The van der Waals surface area contributed by atoms with E-state index >= 15 is 0 Å². The Morgan fingerprint density at radius 2 is 1.34 bits per heavy atom. The number of anilines is 2. The summed E-state index contributed by atoms with van der Waals surface area (Å²) >= 11 is 6.17. The van der Waals surface area contributed by atoms with Gasteiger partial charge < -0.3 is 48.6 Å². The number of urea groups is 1. The highest BCUT2D eigenvalue weighted by atomic mass is 79.9. The average molecular weight is 1260 g/mol. The number of rotatable bonds is 36. The summed E-state index contributed by atoms with van der Waals surface area (Å²) in [6, 6.07) is 27.8. The van der Waals surface area contributed by atoms with Gasteiger partial charge in [0.15, 0.2) is 24.7 Å². The number of ether oxygens (including phenoxy) is 3. The van der Waals surface area contributed by atoms with E-state index in [1.165, 1.54) is 0 Å². The first-order chi connectivity index (χ1) is 39.2. The fourth-order valence-electron chi connectivity index (χ4n) is 8.93. The number of aromatic nitrogens is 4. The Bertz CT molecular complexity index is 2900. The van der Waals surface area contributed by atoms with Gasteiger partial charge in [0.1, 0.15) is 14.7 Å². The maximum Gasteiger partial charge on any atom is 0.312 e. The van der Waals surface area contributed by atoms with Crippen LogP contribution in [0.2, 0.25) is 0 Å². The molecular weight excluding hydrogens is 1180 g/mol. The molecular formula is C60H76Br2N10O10. The quantitative estimate of drug-likeness (QED) is 0.0110. The zero-order valence-electron chi connectivity index (χ0n) is 46.9. The molecule has 2 aromatic heterocycles. The van der Waals surface area contributed by atoms with Crippen molar-refractivity contribution in [3.05, 3.63) is 132 Å². The molecule has 7 amide bonds. The molecule has 0 spiro atoms. The molecule has 0 saturated heterocycles. The Kier molecular flexibility index (Phi) is 28.2. The number of unbranched alkanes of at least 4 members (excludes halogenated alkanes) is 4. The van der Waals surface area contributed by atoms with Crippen LogP contribution in [0.4, 0.5) is 16.2 Å². The molecule has 0 saturated carbocycles. The zero-order chi connectivity index (χ0) is 57.9. The number of aryl methyl sites for hydroxylation is 1. The lowest BCUT2D eigenvalue weighted by Gasteiger charge is -2.24. The third-order valence-corrected chi connectivity index (χ3v) is 15.3. The van der Waals surface area contributed by atoms with E-state index in [-0.39, 0.29) is 118 Å². The summed E-state index contributed by atoms with van der Waals surface area (Å²) in [6.07, 6.45) is 11.7. The SMILES string of the molecule is CC(C)[C@H](NC(=O)CCOCCOCCOCCN1C(=O)C(Br)=C(Br)C1=O)C(=O)C[C@@H](CCCNC(N)=O)C(=O)Nc1ccc(C[n+]2cccc(-c3cn(CCCCCCCC(=O)Nc4ccccc4-c4ccccc4)nn3)c2)cc1.[CH3-]. The van der Waals surface area contributed by atoms with E-state index in [2.05, 4.69) is 63.4 Å². The molecule has 6 N–H and O–H groups in total. The van der Waals surface area contributed by atoms with Crippen LogP contribution in [-0.2, 0) is 56.1 Å². The standard InChI is InChI=1S/C59H72Br2N10O10.CH3/c1-41(2)55(66-52(74)26-31-79-33-35-81-36-34-80-32-30-71-57(76)53(60)54(61)58(71)77)50(72)37-44(17-13-27-63-59(62)78)56(75)64-46-24-22-42(23-25-46)38-69-28-14-18-45(39-69)49-40-70(68-67-49)29-12-5-3-4-9-21-51(73)65-48-20-11-10-19-47(48)43-15-7-6-8-16-43;/h6-8,10-11,14-16,18-20,22-25,28,39-41,44,55H,3-5,9,12-13,17,21,26-27,29-38H2,1-2H3,(H5-,62,63,64,65,66,73,74,75,78);1H3/q;-1/p+1/t44-,55+;/m1./s1. The molecule has 0 fully saturated rings. The molecule has 440 valence electrons. The van der Waals surface area contributed by atoms with Crippen molar-refractivity contribution in [1.29, 1.82) is 0 Å². The largest absolute Gasteiger partial charge is 0.379 e. The summed E-state index contributed by atoms with van der Waals surface area (Å²) in [7, 11) is 0. The maximum atomic E-state index is 13.8. The van der Waals surface area contributed by atoms with Crippen LogP contribution in [0.15, 0.2) is 119 Å². The minimum atomic E-state index is -0.848. The lowest BCUT2D eigenvalue weighted by Crippen LogP contribution is -2.45. The van der Waals surface area contributed by atoms with Gasteiger partial charge in [0.25, 0.3) is 11.8 Å². The van der Waals surface area contributed by atoms with Crippen LogP contribution in [0.25, 0.3) is 22.4 Å². The van der Waals surface area contributed by atoms with Gasteiger partial charge in [-0.25, -0.2) is 9.36 Å². The lowest BCUT2D eigenvalue weighted by molar-refractivity contribution is -0.687. The Labute approximate surface area is 496 Å². The number of imide groups is 1. The Morgan fingerprint density at radius 1 is 0.695 bits per heavy atom. The number of carbonyl (C=O) groups excluding carboxylic acids is 7. The van der Waals surface area contributed by atoms with Crippen molar-refractivity contribution < 1.29 is 52.3 Å². The number of ketones is 1. The molecule has 0 bridgehead atoms. The van der Waals surface area contributed by atoms with Gasteiger partial charge >= 0.3 is 6.03 Å². The maximum absolute atomic E-state index is 13.8. The van der Waals surface area contributed by atoms with Gasteiger partial charge in [-0.2, -0.15) is 0 Å². The van der Waals surface area contributed by atoms with Crippen molar-refractivity contribution in [3.63, 3.8) is 0 Å². The van der Waals surface area contributed by atoms with E-state index < -0.39 is 29.8 Å². The van der Waals surface area contributed by atoms with E-state index in [0.29, 0.717) is 25.1 Å². The van der Waals surface area contributed by atoms with Crippen LogP contribution < -0.4 is 31.6 Å². The van der Waals surface area contributed by atoms with Gasteiger partial charge in [0.2, 0.25) is 17.7 Å². The molecule has 3 aromatic carbocycles. The van der Waals surface area contributed by atoms with E-state index in [0.717, 1.165) is 77.2 Å². The highest BCUT2D eigenvalue weighted by molar-refractivity contribution is 9.14. The van der Waals surface area contributed by atoms with Crippen LogP contribution in [0.5, 0.6) is 0 Å². The zero-order valence-corrected chi connectivity index (χ0v) is 50.1. The molecule has 0 aliphatic carbocycles. The number of Topliss-reactive ketones (excluding diaryl/α,β-unsaturated/α-hetero) is 1. The van der Waals surface area contributed by atoms with Crippen molar-refractivity contribution in [3.8, 4) is 22.4 Å². The number of nitrogens with zero attached hydrogens (tertiary/aromatic N) is 5. The molecule has 1 aliphatic rings. The lowest BCUT2D eigenvalue weighted by atomic mass is 9.89. The molecule has 22 heteroatoms. The number of nitrogens with one attached hydrogen (secondary N) is 4. The molecule has 82 heavy (non-hydrogen) atoms. The van der Waals surface area contributed by atoms with Crippen molar-refractivity contribution >= 4 is 84.6 Å². The summed E-state index contributed by atoms with van der Waals surface area (Å²) in [5.41, 5.74) is 11.4. The Morgan fingerprint density at radius 3 is 2.05 bits per heavy atom. The Hall–Kier alpha value is -6.98.